The Hall–Kier alpha value is -5.67. The van der Waals surface area contributed by atoms with Gasteiger partial charge in [-0.15, -0.1) is 0 Å². The standard InChI is InChI=1S/C47H74N2.2C11H14O4.Ni/c1-5-8-11-13-15-17-19-21-23-25-27-29-35-43-37-31-33-40-46(43)48-42(4)45(39-10-7-3)49-47-41-34-32-38-44(47)36-30-28-26-24-22-20-18-16-14-12-9-6-2;2*1-3-6-5-8(12)10(13)9(11(14)15)7(6)4-2;/h25-28,31-34,37-38,40-41H,5-24,29-30,35-36,39H2,1-4H3;2*5,12-13H,3-4H2,1-2H3,(H,14,15);/q;;;+2/p-2. The minimum Gasteiger partial charge on any atom is -0.869 e. The second-order valence-electron chi connectivity index (χ2n) is 20.7. The Balaban J connectivity index is 0.000000830. The van der Waals surface area contributed by atoms with E-state index in [-0.39, 0.29) is 27.6 Å². The summed E-state index contributed by atoms with van der Waals surface area (Å²) in [5.74, 6) is -5.11. The third kappa shape index (κ3) is 27.2. The second kappa shape index (κ2) is 44.0. The zero-order valence-electron chi connectivity index (χ0n) is 50.2. The third-order valence-electron chi connectivity index (χ3n) is 14.5. The van der Waals surface area contributed by atoms with Crippen molar-refractivity contribution >= 4 is 34.7 Å². The summed E-state index contributed by atoms with van der Waals surface area (Å²) < 4.78 is 0. The first-order valence-corrected chi connectivity index (χ1v) is 30.4. The Morgan fingerprint density at radius 3 is 1.18 bits per heavy atom. The van der Waals surface area contributed by atoms with E-state index in [9.17, 15) is 30.0 Å². The summed E-state index contributed by atoms with van der Waals surface area (Å²) in [6, 6.07) is 20.1. The van der Waals surface area contributed by atoms with Gasteiger partial charge in [-0.25, -0.2) is 9.59 Å². The van der Waals surface area contributed by atoms with Crippen LogP contribution in [0.25, 0.3) is 0 Å². The fourth-order valence-corrected chi connectivity index (χ4v) is 9.83. The average Bonchev–Trinajstić information content (AvgIpc) is 3.44. The molecule has 0 unspecified atom stereocenters. The van der Waals surface area contributed by atoms with Crippen molar-refractivity contribution in [1.29, 1.82) is 0 Å². The van der Waals surface area contributed by atoms with E-state index in [2.05, 4.69) is 101 Å². The van der Waals surface area contributed by atoms with Crippen LogP contribution in [0.1, 0.15) is 257 Å². The Kier molecular flexibility index (Phi) is 39.8. The molecule has 0 saturated carbocycles. The number of benzene rings is 4. The molecule has 4 aromatic carbocycles. The minimum absolute atomic E-state index is 0. The van der Waals surface area contributed by atoms with Gasteiger partial charge >= 0.3 is 28.4 Å². The average molecular weight is 1140 g/mol. The number of phenols is 2. The maximum Gasteiger partial charge on any atom is 2.00 e. The van der Waals surface area contributed by atoms with E-state index in [1.165, 1.54) is 139 Å². The number of unbranched alkanes of at least 4 members (excludes halogenated alkanes) is 17. The molecule has 0 saturated heterocycles. The van der Waals surface area contributed by atoms with Crippen molar-refractivity contribution in [3.05, 3.63) is 129 Å². The van der Waals surface area contributed by atoms with E-state index >= 15 is 0 Å². The van der Waals surface area contributed by atoms with Crippen molar-refractivity contribution in [1.82, 2.24) is 0 Å². The van der Waals surface area contributed by atoms with Gasteiger partial charge in [0, 0.05) is 0 Å². The molecule has 0 aliphatic carbocycles. The van der Waals surface area contributed by atoms with Gasteiger partial charge in [0.2, 0.25) is 0 Å². The Morgan fingerprint density at radius 1 is 0.463 bits per heavy atom. The van der Waals surface area contributed by atoms with Gasteiger partial charge in [0.05, 0.1) is 33.9 Å². The van der Waals surface area contributed by atoms with Gasteiger partial charge in [0.15, 0.2) is 0 Å². The number of carbonyl (C=O) groups is 2. The summed E-state index contributed by atoms with van der Waals surface area (Å²) in [6.07, 6.45) is 43.7. The molecule has 0 spiro atoms. The molecule has 4 N–H and O–H groups in total. The number of allylic oxidation sites excluding steroid dienone is 4. The SMILES string of the molecule is CCCCCCCCCCC=CCCc1ccccc1N=C(C)C(CCCC)=Nc1ccccc1CCC=CCCCCCCCCCC.CCc1cc(O)c([O-])c(C(=O)O)c1CC.CCc1cc(O)c([O-])c(C(=O)O)c1CC.[Ni+2]. The first-order valence-electron chi connectivity index (χ1n) is 30.4. The molecule has 4 aromatic rings. The molecule has 0 radical (unpaired) electrons. The Labute approximate surface area is 493 Å². The number of aliphatic imine (C=N–C) groups is 2. The maximum atomic E-state index is 11.4. The number of rotatable bonds is 36. The first-order chi connectivity index (χ1) is 38.2. The fourth-order valence-electron chi connectivity index (χ4n) is 9.83. The van der Waals surface area contributed by atoms with Crippen molar-refractivity contribution in [3.8, 4) is 23.0 Å². The number of carboxylic acid groups (broad SMARTS) is 2. The summed E-state index contributed by atoms with van der Waals surface area (Å²) >= 11 is 0. The molecular formula is C69H100N2NiO8. The number of nitrogens with zero attached hydrogens (tertiary/aromatic N) is 2. The van der Waals surface area contributed by atoms with Crippen molar-refractivity contribution in [2.75, 3.05) is 0 Å². The van der Waals surface area contributed by atoms with Gasteiger partial charge in [-0.05, 0) is 154 Å². The molecule has 0 amide bonds. The number of aryl methyl sites for hydroxylation is 4. The summed E-state index contributed by atoms with van der Waals surface area (Å²) in [6.45, 7) is 16.3. The van der Waals surface area contributed by atoms with Crippen LogP contribution < -0.4 is 10.2 Å². The van der Waals surface area contributed by atoms with Crippen LogP contribution in [0.15, 0.2) is 95.0 Å². The fraction of sp³-hybridized carbons (Fsp3) is 0.536. The van der Waals surface area contributed by atoms with E-state index in [1.807, 2.05) is 13.8 Å². The number of carboxylic acids is 2. The predicted molar refractivity (Wildman–Crippen MR) is 328 cm³/mol. The van der Waals surface area contributed by atoms with Crippen LogP contribution in [0.4, 0.5) is 11.4 Å². The number of phenolic OH excluding ortho intramolecular Hbond substituents is 2. The van der Waals surface area contributed by atoms with Gasteiger partial charge in [-0.1, -0.05) is 217 Å². The van der Waals surface area contributed by atoms with E-state index < -0.39 is 34.9 Å². The number of hydrogen-bond acceptors (Lipinski definition) is 8. The normalized spacial score (nSPS) is 11.6. The quantitative estimate of drug-likeness (QED) is 0.0150. The molecule has 4 rings (SSSR count). The maximum absolute atomic E-state index is 11.4. The molecule has 80 heavy (non-hydrogen) atoms. The van der Waals surface area contributed by atoms with Crippen LogP contribution >= 0.6 is 0 Å². The number of para-hydroxylation sites is 2. The van der Waals surface area contributed by atoms with Gasteiger partial charge in [-0.3, -0.25) is 9.98 Å². The monoisotopic (exact) mass is 1140 g/mol. The topological polar surface area (TPSA) is 186 Å². The smallest absolute Gasteiger partial charge is 0.869 e. The van der Waals surface area contributed by atoms with Crippen LogP contribution in [0.5, 0.6) is 23.0 Å². The molecule has 444 valence electrons. The van der Waals surface area contributed by atoms with Gasteiger partial charge < -0.3 is 30.6 Å². The molecule has 0 bridgehead atoms. The van der Waals surface area contributed by atoms with Gasteiger partial charge in [-0.2, -0.15) is 0 Å². The molecule has 0 heterocycles. The summed E-state index contributed by atoms with van der Waals surface area (Å²) in [4.78, 5) is 32.3. The van der Waals surface area contributed by atoms with Crippen LogP contribution in [-0.4, -0.2) is 43.8 Å². The molecular weight excluding hydrogens is 1040 g/mol. The van der Waals surface area contributed by atoms with Crippen molar-refractivity contribution in [2.45, 2.75) is 242 Å². The predicted octanol–water partition coefficient (Wildman–Crippen LogP) is 18.4. The van der Waals surface area contributed by atoms with E-state index in [0.717, 1.165) is 67.7 Å². The largest absolute Gasteiger partial charge is 2.00 e. The third-order valence-corrected chi connectivity index (χ3v) is 14.5. The Morgan fingerprint density at radius 2 is 0.812 bits per heavy atom. The number of hydrogen-bond donors (Lipinski definition) is 4. The van der Waals surface area contributed by atoms with E-state index in [0.29, 0.717) is 47.9 Å². The molecule has 0 fully saturated rings. The molecule has 0 aliphatic rings. The van der Waals surface area contributed by atoms with Crippen LogP contribution in [-0.2, 0) is 55.0 Å². The Bertz CT molecular complexity index is 2430. The van der Waals surface area contributed by atoms with Crippen molar-refractivity contribution < 1.29 is 56.7 Å². The molecule has 11 heteroatoms. The van der Waals surface area contributed by atoms with Gasteiger partial charge in [0.1, 0.15) is 11.5 Å². The van der Waals surface area contributed by atoms with Crippen LogP contribution in [0.2, 0.25) is 0 Å². The summed E-state index contributed by atoms with van der Waals surface area (Å²) in [5.41, 5.74) is 8.91. The van der Waals surface area contributed by atoms with Crippen molar-refractivity contribution in [2.24, 2.45) is 9.98 Å². The summed E-state index contributed by atoms with van der Waals surface area (Å²) in [7, 11) is 0. The van der Waals surface area contributed by atoms with Crippen molar-refractivity contribution in [3.63, 3.8) is 0 Å². The van der Waals surface area contributed by atoms with E-state index in [1.54, 1.807) is 13.8 Å². The van der Waals surface area contributed by atoms with Crippen LogP contribution in [0, 0.1) is 0 Å². The number of aromatic carboxylic acids is 2. The zero-order valence-corrected chi connectivity index (χ0v) is 51.2. The molecule has 10 nitrogen and oxygen atoms in total. The molecule has 0 atom stereocenters. The zero-order chi connectivity index (χ0) is 58.2. The second-order valence-corrected chi connectivity index (χ2v) is 20.7. The first kappa shape index (κ1) is 72.3. The minimum atomic E-state index is -1.28. The van der Waals surface area contributed by atoms with Crippen LogP contribution in [0.3, 0.4) is 0 Å². The molecule has 0 aromatic heterocycles. The number of aromatic hydroxyl groups is 2. The summed E-state index contributed by atoms with van der Waals surface area (Å²) in [5, 5.41) is 59.3. The molecule has 0 aliphatic heterocycles. The van der Waals surface area contributed by atoms with Gasteiger partial charge in [0.25, 0.3) is 0 Å². The van der Waals surface area contributed by atoms with E-state index in [4.69, 9.17) is 20.2 Å².